The Morgan fingerprint density at radius 3 is 2.56 bits per heavy atom. The van der Waals surface area contributed by atoms with E-state index in [1.165, 1.54) is 0 Å². The van der Waals surface area contributed by atoms with Crippen LogP contribution >= 0.6 is 7.34 Å². The predicted octanol–water partition coefficient (Wildman–Crippen LogP) is 2.36. The SMILES string of the molecule is BC1OC(CC(C)C)C(C)C1OP(=C)(C)OCC. The second-order valence-corrected chi connectivity index (χ2v) is 8.37. The smallest absolute Gasteiger partial charge is 0.142 e. The molecule has 0 saturated carbocycles. The molecular weight excluding hydrogens is 246 g/mol. The van der Waals surface area contributed by atoms with Crippen molar-refractivity contribution >= 4 is 21.5 Å². The van der Waals surface area contributed by atoms with Gasteiger partial charge in [0.2, 0.25) is 0 Å². The molecule has 0 amide bonds. The Labute approximate surface area is 113 Å². The quantitative estimate of drug-likeness (QED) is 0.549. The van der Waals surface area contributed by atoms with Crippen molar-refractivity contribution in [2.24, 2.45) is 11.8 Å². The maximum atomic E-state index is 6.13. The van der Waals surface area contributed by atoms with Gasteiger partial charge < -0.3 is 13.8 Å². The molecule has 1 heterocycles. The normalized spacial score (nSPS) is 35.9. The summed E-state index contributed by atoms with van der Waals surface area (Å²) >= 11 is 0. The lowest BCUT2D eigenvalue weighted by atomic mass is 9.87. The number of ether oxygens (including phenoxy) is 1. The number of hydrogen-bond donors (Lipinski definition) is 0. The highest BCUT2D eigenvalue weighted by Crippen LogP contribution is 2.48. The maximum Gasteiger partial charge on any atom is 0.142 e. The van der Waals surface area contributed by atoms with Gasteiger partial charge in [-0.25, -0.2) is 0 Å². The van der Waals surface area contributed by atoms with Gasteiger partial charge in [0.15, 0.2) is 0 Å². The summed E-state index contributed by atoms with van der Waals surface area (Å²) in [6, 6.07) is 0.130. The van der Waals surface area contributed by atoms with Gasteiger partial charge in [-0.2, -0.15) is 0 Å². The van der Waals surface area contributed by atoms with E-state index in [-0.39, 0.29) is 12.1 Å². The van der Waals surface area contributed by atoms with Crippen LogP contribution in [-0.2, 0) is 13.8 Å². The Balaban J connectivity index is 2.64. The molecule has 0 aromatic carbocycles. The van der Waals surface area contributed by atoms with E-state index in [9.17, 15) is 0 Å². The molecule has 0 aliphatic carbocycles. The van der Waals surface area contributed by atoms with E-state index < -0.39 is 7.34 Å². The van der Waals surface area contributed by atoms with Crippen molar-refractivity contribution in [1.82, 2.24) is 0 Å². The molecular formula is C13H28BO3P. The topological polar surface area (TPSA) is 27.7 Å². The first-order valence-corrected chi connectivity index (χ1v) is 9.21. The molecule has 106 valence electrons. The molecule has 18 heavy (non-hydrogen) atoms. The minimum absolute atomic E-state index is 0.108. The molecule has 0 spiro atoms. The van der Waals surface area contributed by atoms with E-state index in [0.29, 0.717) is 24.5 Å². The summed E-state index contributed by atoms with van der Waals surface area (Å²) in [6.45, 7) is 11.3. The number of hydrogen-bond acceptors (Lipinski definition) is 3. The molecule has 1 rings (SSSR count). The van der Waals surface area contributed by atoms with Gasteiger partial charge in [-0.05, 0) is 19.3 Å². The third-order valence-corrected chi connectivity index (χ3v) is 4.90. The summed E-state index contributed by atoms with van der Waals surface area (Å²) in [6.07, 6.45) is 5.58. The van der Waals surface area contributed by atoms with E-state index >= 15 is 0 Å². The van der Waals surface area contributed by atoms with Crippen LogP contribution < -0.4 is 0 Å². The van der Waals surface area contributed by atoms with Crippen molar-refractivity contribution in [2.45, 2.75) is 52.3 Å². The maximum absolute atomic E-state index is 6.13. The molecule has 0 aromatic heterocycles. The Morgan fingerprint density at radius 2 is 2.06 bits per heavy atom. The van der Waals surface area contributed by atoms with Gasteiger partial charge in [-0.3, -0.25) is 0 Å². The molecule has 1 aliphatic heterocycles. The van der Waals surface area contributed by atoms with Gasteiger partial charge in [0.25, 0.3) is 0 Å². The molecule has 0 aromatic rings. The second-order valence-electron chi connectivity index (χ2n) is 5.87. The van der Waals surface area contributed by atoms with Crippen molar-refractivity contribution in [3.05, 3.63) is 0 Å². The molecule has 1 aliphatic rings. The minimum Gasteiger partial charge on any atom is -0.381 e. The first-order chi connectivity index (χ1) is 8.26. The summed E-state index contributed by atoms with van der Waals surface area (Å²) in [5, 5.41) is 0. The summed E-state index contributed by atoms with van der Waals surface area (Å²) in [5.41, 5.74) is 0. The van der Waals surface area contributed by atoms with Crippen LogP contribution in [0.1, 0.15) is 34.1 Å². The molecule has 0 bridgehead atoms. The van der Waals surface area contributed by atoms with E-state index in [1.807, 2.05) is 13.6 Å². The molecule has 5 atom stereocenters. The second kappa shape index (κ2) is 6.61. The minimum atomic E-state index is -1.96. The van der Waals surface area contributed by atoms with Crippen molar-refractivity contribution in [3.63, 3.8) is 0 Å². The largest absolute Gasteiger partial charge is 0.381 e. The number of rotatable bonds is 6. The van der Waals surface area contributed by atoms with Crippen LogP contribution in [0.2, 0.25) is 0 Å². The standard InChI is InChI=1S/C13H28BO3P/c1-7-15-18(5,6)17-12-10(4)11(8-9(2)3)16-13(12)14/h9-13H,5,7-8,14H2,1-4,6H3. The van der Waals surface area contributed by atoms with E-state index in [0.717, 1.165) is 6.42 Å². The molecule has 5 unspecified atom stereocenters. The van der Waals surface area contributed by atoms with Crippen molar-refractivity contribution < 1.29 is 13.8 Å². The Bertz CT molecular complexity index is 309. The summed E-state index contributed by atoms with van der Waals surface area (Å²) in [5.74, 6) is 1.06. The first-order valence-electron chi connectivity index (χ1n) is 6.96. The summed E-state index contributed by atoms with van der Waals surface area (Å²) in [4.78, 5) is 0. The predicted molar refractivity (Wildman–Crippen MR) is 82.3 cm³/mol. The van der Waals surface area contributed by atoms with Gasteiger partial charge in [-0.15, -0.1) is 0 Å². The Morgan fingerprint density at radius 1 is 1.44 bits per heavy atom. The van der Waals surface area contributed by atoms with Gasteiger partial charge in [-0.1, -0.05) is 27.1 Å². The van der Waals surface area contributed by atoms with E-state index in [2.05, 4.69) is 34.9 Å². The fourth-order valence-electron chi connectivity index (χ4n) is 2.59. The Kier molecular flexibility index (Phi) is 5.98. The molecule has 0 radical (unpaired) electrons. The summed E-state index contributed by atoms with van der Waals surface area (Å²) < 4.78 is 17.8. The average Bonchev–Trinajstić information content (AvgIpc) is 2.44. The zero-order valence-electron chi connectivity index (χ0n) is 12.7. The van der Waals surface area contributed by atoms with Crippen molar-refractivity contribution in [1.29, 1.82) is 0 Å². The van der Waals surface area contributed by atoms with Gasteiger partial charge in [0.1, 0.15) is 15.2 Å². The molecule has 3 nitrogen and oxygen atoms in total. The van der Waals surface area contributed by atoms with Crippen LogP contribution in [-0.4, -0.2) is 45.6 Å². The lowest BCUT2D eigenvalue weighted by Gasteiger charge is -2.28. The van der Waals surface area contributed by atoms with Crippen LogP contribution in [0.4, 0.5) is 0 Å². The summed E-state index contributed by atoms with van der Waals surface area (Å²) in [7, 11) is 0.134. The van der Waals surface area contributed by atoms with Gasteiger partial charge in [0, 0.05) is 12.6 Å². The average molecular weight is 274 g/mol. The van der Waals surface area contributed by atoms with Crippen molar-refractivity contribution in [2.75, 3.05) is 13.3 Å². The van der Waals surface area contributed by atoms with Crippen LogP contribution in [0.3, 0.4) is 0 Å². The highest BCUT2D eigenvalue weighted by Gasteiger charge is 2.41. The Hall–Kier alpha value is 0.245. The third-order valence-electron chi connectivity index (χ3n) is 3.41. The van der Waals surface area contributed by atoms with E-state index in [4.69, 9.17) is 13.8 Å². The lowest BCUT2D eigenvalue weighted by molar-refractivity contribution is 0.0514. The van der Waals surface area contributed by atoms with Crippen molar-refractivity contribution in [3.8, 4) is 0 Å². The molecule has 0 N–H and O–H groups in total. The molecule has 1 saturated heterocycles. The van der Waals surface area contributed by atoms with Crippen LogP contribution in [0.5, 0.6) is 0 Å². The lowest BCUT2D eigenvalue weighted by Crippen LogP contribution is -2.29. The zero-order chi connectivity index (χ0) is 13.9. The highest BCUT2D eigenvalue weighted by molar-refractivity contribution is 7.63. The first kappa shape index (κ1) is 16.3. The third kappa shape index (κ3) is 4.41. The monoisotopic (exact) mass is 274 g/mol. The zero-order valence-corrected chi connectivity index (χ0v) is 13.6. The highest BCUT2D eigenvalue weighted by atomic mass is 31.2. The van der Waals surface area contributed by atoms with Crippen LogP contribution in [0.15, 0.2) is 0 Å². The van der Waals surface area contributed by atoms with E-state index in [1.54, 1.807) is 0 Å². The fraction of sp³-hybridized carbons (Fsp3) is 0.923. The van der Waals surface area contributed by atoms with Gasteiger partial charge in [0.05, 0.1) is 24.8 Å². The van der Waals surface area contributed by atoms with Gasteiger partial charge >= 0.3 is 0 Å². The fourth-order valence-corrected chi connectivity index (χ4v) is 4.08. The van der Waals surface area contributed by atoms with Crippen LogP contribution in [0.25, 0.3) is 0 Å². The van der Waals surface area contributed by atoms with Crippen LogP contribution in [0, 0.1) is 11.8 Å². The molecule has 1 fully saturated rings. The molecule has 5 heteroatoms.